The first-order chi connectivity index (χ1) is 13.5. The number of amides is 2. The van der Waals surface area contributed by atoms with Crippen molar-refractivity contribution >= 4 is 17.7 Å². The lowest BCUT2D eigenvalue weighted by atomic mass is 10.1. The number of ether oxygens (including phenoxy) is 1. The van der Waals surface area contributed by atoms with Crippen LogP contribution in [-0.4, -0.2) is 64.4 Å². The first-order valence-corrected chi connectivity index (χ1v) is 10.1. The number of likely N-dealkylation sites (N-methyl/N-ethyl adjacent to an activating group) is 1. The van der Waals surface area contributed by atoms with Crippen LogP contribution in [0.25, 0.3) is 0 Å². The van der Waals surface area contributed by atoms with Crippen molar-refractivity contribution in [1.82, 2.24) is 9.80 Å². The zero-order valence-corrected chi connectivity index (χ0v) is 16.5. The summed E-state index contributed by atoms with van der Waals surface area (Å²) >= 11 is 0. The number of hydrogen-bond donors (Lipinski definition) is 2. The lowest BCUT2D eigenvalue weighted by molar-refractivity contribution is -0.394. The van der Waals surface area contributed by atoms with Gasteiger partial charge in [0.15, 0.2) is 6.04 Å². The number of hydrogen-bond acceptors (Lipinski definition) is 4. The molecule has 1 unspecified atom stereocenters. The Morgan fingerprint density at radius 2 is 2.11 bits per heavy atom. The Morgan fingerprint density at radius 3 is 2.86 bits per heavy atom. The average molecular weight is 386 g/mol. The summed E-state index contributed by atoms with van der Waals surface area (Å²) in [5.41, 5.74) is 1.55. The Kier molecular flexibility index (Phi) is 5.10. The van der Waals surface area contributed by atoms with Crippen LogP contribution < -0.4 is 9.73 Å². The van der Waals surface area contributed by atoms with Crippen LogP contribution in [0.5, 0.6) is 5.75 Å². The minimum atomic E-state index is -0.473. The van der Waals surface area contributed by atoms with E-state index < -0.39 is 6.04 Å². The molecule has 7 nitrogen and oxygen atoms in total. The third kappa shape index (κ3) is 3.39. The first kappa shape index (κ1) is 18.9. The highest BCUT2D eigenvalue weighted by atomic mass is 16.5. The number of carbonyl (C=O) groups excluding carboxylic acids is 2. The molecule has 1 saturated carbocycles. The summed E-state index contributed by atoms with van der Waals surface area (Å²) in [5, 5.41) is 10.1. The average Bonchev–Trinajstić information content (AvgIpc) is 3.26. The summed E-state index contributed by atoms with van der Waals surface area (Å²) in [7, 11) is 2.14. The van der Waals surface area contributed by atoms with E-state index in [1.807, 2.05) is 18.2 Å². The fraction of sp³-hybridized carbons (Fsp3) is 0.571. The number of nitrogens with one attached hydrogen (secondary N) is 1. The highest BCUT2D eigenvalue weighted by Crippen LogP contribution is 2.32. The normalized spacial score (nSPS) is 27.3. The van der Waals surface area contributed by atoms with E-state index in [1.54, 1.807) is 4.90 Å². The molecule has 1 aromatic rings. The second kappa shape index (κ2) is 7.54. The molecule has 150 valence electrons. The van der Waals surface area contributed by atoms with Crippen LogP contribution in [0.4, 0.5) is 0 Å². The molecule has 2 amide bonds. The molecule has 3 aliphatic rings. The summed E-state index contributed by atoms with van der Waals surface area (Å²) in [6.45, 7) is 3.57. The summed E-state index contributed by atoms with van der Waals surface area (Å²) in [6, 6.07) is 5.59. The molecule has 3 atom stereocenters. The van der Waals surface area contributed by atoms with Crippen molar-refractivity contribution in [2.24, 2.45) is 0 Å². The van der Waals surface area contributed by atoms with E-state index in [0.29, 0.717) is 31.0 Å². The monoisotopic (exact) mass is 386 g/mol. The van der Waals surface area contributed by atoms with Gasteiger partial charge in [-0.2, -0.15) is 0 Å². The minimum Gasteiger partial charge on any atom is -0.489 e. The van der Waals surface area contributed by atoms with E-state index >= 15 is 0 Å². The van der Waals surface area contributed by atoms with Crippen molar-refractivity contribution in [1.29, 1.82) is 0 Å². The lowest BCUT2D eigenvalue weighted by Gasteiger charge is -2.29. The Morgan fingerprint density at radius 1 is 1.29 bits per heavy atom. The van der Waals surface area contributed by atoms with Gasteiger partial charge in [-0.1, -0.05) is 6.92 Å². The quantitative estimate of drug-likeness (QED) is 0.775. The van der Waals surface area contributed by atoms with Crippen molar-refractivity contribution in [3.8, 4) is 5.75 Å². The predicted octanol–water partition coefficient (Wildman–Crippen LogP) is 0.620. The molecule has 2 heterocycles. The predicted molar refractivity (Wildman–Crippen MR) is 103 cm³/mol. The number of benzene rings is 1. The highest BCUT2D eigenvalue weighted by molar-refractivity contribution is 6.01. The lowest BCUT2D eigenvalue weighted by Crippen LogP contribution is -2.82. The van der Waals surface area contributed by atoms with Gasteiger partial charge in [0.2, 0.25) is 0 Å². The fourth-order valence-electron chi connectivity index (χ4n) is 4.60. The van der Waals surface area contributed by atoms with Gasteiger partial charge in [0.1, 0.15) is 11.9 Å². The maximum Gasteiger partial charge on any atom is 0.388 e. The number of carbonyl (C=O) groups is 2. The Labute approximate surface area is 165 Å². The number of nitrogens with zero attached hydrogens (tertiary/aromatic N) is 2. The van der Waals surface area contributed by atoms with Gasteiger partial charge in [0, 0.05) is 18.2 Å². The standard InChI is InChI=1S/C21H27N3O4/c1-3-23(2)16-5-4-6-18(16)28-14-7-8-15-13(11-14)12-24(21(15)27)17-9-10-19(25)22-20(17)26/h7-8,11,16-18H,3-6,9-10,12H2,1-2H3,(H,22,25,26)/p+1/t16-,17?,18-/m0/s1. The van der Waals surface area contributed by atoms with Crippen LogP contribution in [0.1, 0.15) is 54.9 Å². The van der Waals surface area contributed by atoms with Crippen LogP contribution in [0.2, 0.25) is 0 Å². The number of rotatable bonds is 5. The first-order valence-electron chi connectivity index (χ1n) is 10.1. The van der Waals surface area contributed by atoms with Crippen LogP contribution in [0.15, 0.2) is 18.2 Å². The smallest absolute Gasteiger partial charge is 0.388 e. The number of aliphatic hydroxyl groups is 1. The van der Waals surface area contributed by atoms with Gasteiger partial charge in [0.25, 0.3) is 5.91 Å². The zero-order valence-electron chi connectivity index (χ0n) is 16.5. The maximum absolute atomic E-state index is 12.8. The third-order valence-corrected chi connectivity index (χ3v) is 6.28. The molecule has 2 N–H and O–H groups in total. The molecule has 0 bridgehead atoms. The molecule has 1 aliphatic carbocycles. The topological polar surface area (TPSA) is 84.1 Å². The fourth-order valence-corrected chi connectivity index (χ4v) is 4.60. The SMILES string of the molecule is CCN(C)[C@H]1CCC[C@@H]1Oc1ccc2c(c1)CN(C1CCC(=O)[NH+]=C1O)C2=O. The van der Waals surface area contributed by atoms with Crippen molar-refractivity contribution in [2.45, 2.75) is 63.8 Å². The van der Waals surface area contributed by atoms with E-state index in [1.165, 1.54) is 6.42 Å². The molecular formula is C21H28N3O4+. The van der Waals surface area contributed by atoms with E-state index in [9.17, 15) is 14.7 Å². The van der Waals surface area contributed by atoms with Crippen molar-refractivity contribution in [3.63, 3.8) is 0 Å². The number of fused-ring (bicyclic) bond motifs is 1. The van der Waals surface area contributed by atoms with Gasteiger partial charge in [0.05, 0.1) is 6.42 Å². The summed E-state index contributed by atoms with van der Waals surface area (Å²) in [6.07, 6.45) is 4.27. The van der Waals surface area contributed by atoms with E-state index in [0.717, 1.165) is 30.7 Å². The van der Waals surface area contributed by atoms with Gasteiger partial charge in [-0.05, 0) is 63.0 Å². The van der Waals surface area contributed by atoms with E-state index in [2.05, 4.69) is 23.9 Å². The Hall–Kier alpha value is -2.41. The Balaban J connectivity index is 1.50. The molecule has 7 heteroatoms. The summed E-state index contributed by atoms with van der Waals surface area (Å²) < 4.78 is 6.30. The molecule has 1 aromatic carbocycles. The molecule has 0 aromatic heterocycles. The van der Waals surface area contributed by atoms with Gasteiger partial charge in [-0.25, -0.2) is 4.79 Å². The van der Waals surface area contributed by atoms with Crippen LogP contribution in [-0.2, 0) is 11.3 Å². The highest BCUT2D eigenvalue weighted by Gasteiger charge is 2.41. The van der Waals surface area contributed by atoms with Crippen LogP contribution >= 0.6 is 0 Å². The molecule has 0 saturated heterocycles. The van der Waals surface area contributed by atoms with Crippen molar-refractivity contribution < 1.29 is 24.4 Å². The Bertz CT molecular complexity index is 822. The van der Waals surface area contributed by atoms with Crippen molar-refractivity contribution in [3.05, 3.63) is 29.3 Å². The van der Waals surface area contributed by atoms with Crippen molar-refractivity contribution in [2.75, 3.05) is 13.6 Å². The molecule has 0 spiro atoms. The summed E-state index contributed by atoms with van der Waals surface area (Å²) in [4.78, 5) is 30.6. The molecule has 28 heavy (non-hydrogen) atoms. The molecular weight excluding hydrogens is 358 g/mol. The molecule has 2 aliphatic heterocycles. The maximum atomic E-state index is 12.8. The van der Waals surface area contributed by atoms with Crippen LogP contribution in [0, 0.1) is 0 Å². The largest absolute Gasteiger partial charge is 0.489 e. The second-order valence-corrected chi connectivity index (χ2v) is 7.97. The molecule has 0 radical (unpaired) electrons. The minimum absolute atomic E-state index is 0.112. The van der Waals surface area contributed by atoms with Gasteiger partial charge >= 0.3 is 11.8 Å². The van der Waals surface area contributed by atoms with E-state index in [-0.39, 0.29) is 23.8 Å². The van der Waals surface area contributed by atoms with Gasteiger partial charge < -0.3 is 19.6 Å². The molecule has 4 rings (SSSR count). The van der Waals surface area contributed by atoms with Gasteiger partial charge in [-0.3, -0.25) is 4.79 Å². The zero-order chi connectivity index (χ0) is 19.8. The van der Waals surface area contributed by atoms with Crippen LogP contribution in [0.3, 0.4) is 0 Å². The van der Waals surface area contributed by atoms with E-state index in [4.69, 9.17) is 4.74 Å². The van der Waals surface area contributed by atoms with Gasteiger partial charge in [-0.15, -0.1) is 4.99 Å². The molecule has 1 fully saturated rings. The number of aliphatic hydroxyl groups excluding tert-OH is 1. The second-order valence-electron chi connectivity index (χ2n) is 7.97. The third-order valence-electron chi connectivity index (χ3n) is 6.28. The summed E-state index contributed by atoms with van der Waals surface area (Å²) in [5.74, 6) is 0.334.